The Hall–Kier alpha value is -2.37. The molecule has 1 N–H and O–H groups in total. The lowest BCUT2D eigenvalue weighted by atomic mass is 9.88. The largest absolute Gasteiger partial charge is 0.282 e. The van der Waals surface area contributed by atoms with E-state index in [0.717, 1.165) is 11.4 Å². The summed E-state index contributed by atoms with van der Waals surface area (Å²) in [5, 5.41) is 16.4. The number of nitrogens with zero attached hydrogens (tertiary/aromatic N) is 5. The summed E-state index contributed by atoms with van der Waals surface area (Å²) in [6.45, 7) is 39.2. The van der Waals surface area contributed by atoms with Crippen molar-refractivity contribution in [2.24, 2.45) is 0 Å². The van der Waals surface area contributed by atoms with Gasteiger partial charge in [-0.2, -0.15) is 15.3 Å². The Labute approximate surface area is 240 Å². The Morgan fingerprint density at radius 2 is 1.08 bits per heavy atom. The number of H-pyrrole nitrogens is 1. The molecule has 0 aliphatic heterocycles. The van der Waals surface area contributed by atoms with Gasteiger partial charge in [0.05, 0.1) is 28.7 Å². The van der Waals surface area contributed by atoms with Crippen LogP contribution in [0.3, 0.4) is 0 Å². The number of hydrogen-bond donors (Lipinski definition) is 1. The average Bonchev–Trinajstić information content (AvgIpc) is 3.45. The molecule has 0 atom stereocenters. The van der Waals surface area contributed by atoms with Crippen molar-refractivity contribution in [1.29, 1.82) is 0 Å². The lowest BCUT2D eigenvalue weighted by Gasteiger charge is -2.20. The van der Waals surface area contributed by atoms with Crippen LogP contribution in [-0.2, 0) is 32.7 Å². The van der Waals surface area contributed by atoms with Crippen molar-refractivity contribution in [3.63, 3.8) is 0 Å². The molecule has 0 aromatic carbocycles. The van der Waals surface area contributed by atoms with Gasteiger partial charge in [0.25, 0.3) is 0 Å². The van der Waals surface area contributed by atoms with Gasteiger partial charge in [-0.05, 0) is 64.7 Å². The first-order chi connectivity index (χ1) is 17.1. The second-order valence-corrected chi connectivity index (χ2v) is 16.8. The summed E-state index contributed by atoms with van der Waals surface area (Å²) < 4.78 is 4.04. The van der Waals surface area contributed by atoms with E-state index in [1.165, 1.54) is 11.3 Å². The Morgan fingerprint density at radius 1 is 0.590 bits per heavy atom. The summed E-state index contributed by atoms with van der Waals surface area (Å²) in [6.07, 6.45) is 6.16. The number of aromatic amines is 1. The molecule has 0 saturated heterocycles. The molecule has 39 heavy (non-hydrogen) atoms. The van der Waals surface area contributed by atoms with Gasteiger partial charge >= 0.3 is 0 Å². The second-order valence-electron chi connectivity index (χ2n) is 16.8. The Kier molecular flexibility index (Phi) is 10.3. The molecule has 6 heteroatoms. The van der Waals surface area contributed by atoms with E-state index in [9.17, 15) is 0 Å². The Bertz CT molecular complexity index is 914. The van der Waals surface area contributed by atoms with Crippen LogP contribution in [0.4, 0.5) is 0 Å². The topological polar surface area (TPSA) is 64.3 Å². The standard InChI is InChI=1S/3C11H20N2/c1-10(2,3)9-7-12-13(8-9)11(4,5)6;1-10(2,3)9-7-8-13(12-9)11(4,5)6;1-10(2,3)8-7-9(13-12-8)11(4,5)6/h2*7-8H,1-6H3;7H,1-6H3,(H,12,13). The summed E-state index contributed by atoms with van der Waals surface area (Å²) in [4.78, 5) is 0. The molecule has 222 valence electrons. The van der Waals surface area contributed by atoms with Crippen LogP contribution in [0.15, 0.2) is 30.7 Å². The number of hydrogen-bond acceptors (Lipinski definition) is 3. The van der Waals surface area contributed by atoms with E-state index in [0.29, 0.717) is 0 Å². The molecular formula is C33H60N6. The van der Waals surface area contributed by atoms with Gasteiger partial charge in [-0.1, -0.05) is 83.1 Å². The van der Waals surface area contributed by atoms with Crippen molar-refractivity contribution in [1.82, 2.24) is 29.8 Å². The zero-order chi connectivity index (χ0) is 30.8. The maximum Gasteiger partial charge on any atom is 0.0678 e. The first-order valence-electron chi connectivity index (χ1n) is 14.3. The van der Waals surface area contributed by atoms with Crippen LogP contribution < -0.4 is 0 Å². The van der Waals surface area contributed by atoms with Gasteiger partial charge in [-0.3, -0.25) is 14.5 Å². The van der Waals surface area contributed by atoms with Crippen molar-refractivity contribution in [3.05, 3.63) is 53.4 Å². The predicted molar refractivity (Wildman–Crippen MR) is 168 cm³/mol. The molecule has 0 aliphatic carbocycles. The SMILES string of the molecule is CC(C)(C)c1cc(C(C)(C)C)[nH]n1.CC(C)(C)c1ccn(C(C)(C)C)n1.CC(C)(C)c1cnn(C(C)(C)C)c1. The van der Waals surface area contributed by atoms with Crippen LogP contribution in [0.5, 0.6) is 0 Å². The van der Waals surface area contributed by atoms with Crippen LogP contribution in [0.25, 0.3) is 0 Å². The monoisotopic (exact) mass is 540 g/mol. The average molecular weight is 541 g/mol. The van der Waals surface area contributed by atoms with Crippen LogP contribution in [-0.4, -0.2) is 29.8 Å². The van der Waals surface area contributed by atoms with Crippen molar-refractivity contribution in [3.8, 4) is 0 Å². The van der Waals surface area contributed by atoms with Gasteiger partial charge in [0.15, 0.2) is 0 Å². The highest BCUT2D eigenvalue weighted by molar-refractivity contribution is 5.21. The van der Waals surface area contributed by atoms with E-state index < -0.39 is 0 Å². The summed E-state index contributed by atoms with van der Waals surface area (Å²) in [5.74, 6) is 0. The summed E-state index contributed by atoms with van der Waals surface area (Å²) in [5.41, 5.74) is 5.61. The van der Waals surface area contributed by atoms with Gasteiger partial charge in [0.2, 0.25) is 0 Å². The van der Waals surface area contributed by atoms with Crippen LogP contribution in [0.2, 0.25) is 0 Å². The molecule has 0 unspecified atom stereocenters. The molecule has 0 radical (unpaired) electrons. The highest BCUT2D eigenvalue weighted by Crippen LogP contribution is 2.26. The number of aromatic nitrogens is 6. The summed E-state index contributed by atoms with van der Waals surface area (Å²) in [7, 11) is 0. The molecule has 0 amide bonds. The smallest absolute Gasteiger partial charge is 0.0678 e. The molecule has 0 fully saturated rings. The van der Waals surface area contributed by atoms with E-state index in [-0.39, 0.29) is 32.7 Å². The molecule has 0 spiro atoms. The molecule has 3 aromatic heterocycles. The lowest BCUT2D eigenvalue weighted by molar-refractivity contribution is 0.348. The second kappa shape index (κ2) is 11.6. The molecular weight excluding hydrogens is 480 g/mol. The Morgan fingerprint density at radius 3 is 1.31 bits per heavy atom. The normalized spacial score (nSPS) is 13.4. The van der Waals surface area contributed by atoms with Gasteiger partial charge in [0.1, 0.15) is 0 Å². The minimum absolute atomic E-state index is 0.0868. The molecule has 0 saturated carbocycles. The van der Waals surface area contributed by atoms with Crippen LogP contribution in [0.1, 0.15) is 147 Å². The third kappa shape index (κ3) is 11.0. The van der Waals surface area contributed by atoms with E-state index in [4.69, 9.17) is 0 Å². The maximum absolute atomic E-state index is 4.57. The fourth-order valence-corrected chi connectivity index (χ4v) is 3.26. The minimum Gasteiger partial charge on any atom is -0.282 e. The van der Waals surface area contributed by atoms with Crippen molar-refractivity contribution < 1.29 is 0 Å². The van der Waals surface area contributed by atoms with Crippen LogP contribution >= 0.6 is 0 Å². The summed E-state index contributed by atoms with van der Waals surface area (Å²) in [6, 6.07) is 4.27. The minimum atomic E-state index is 0.0868. The third-order valence-corrected chi connectivity index (χ3v) is 6.34. The van der Waals surface area contributed by atoms with Crippen molar-refractivity contribution in [2.75, 3.05) is 0 Å². The zero-order valence-corrected chi connectivity index (χ0v) is 28.6. The van der Waals surface area contributed by atoms with Gasteiger partial charge in [-0.15, -0.1) is 0 Å². The van der Waals surface area contributed by atoms with Crippen molar-refractivity contribution >= 4 is 0 Å². The zero-order valence-electron chi connectivity index (χ0n) is 28.6. The fourth-order valence-electron chi connectivity index (χ4n) is 3.26. The molecule has 3 aromatic rings. The first kappa shape index (κ1) is 34.7. The van der Waals surface area contributed by atoms with Gasteiger partial charge in [-0.25, -0.2) is 0 Å². The molecule has 3 heterocycles. The molecule has 0 bridgehead atoms. The fraction of sp³-hybridized carbons (Fsp3) is 0.727. The van der Waals surface area contributed by atoms with E-state index in [1.54, 1.807) is 0 Å². The highest BCUT2D eigenvalue weighted by atomic mass is 15.3. The summed E-state index contributed by atoms with van der Waals surface area (Å²) >= 11 is 0. The Balaban J connectivity index is 0.000000292. The predicted octanol–water partition coefficient (Wildman–Crippen LogP) is 8.88. The highest BCUT2D eigenvalue weighted by Gasteiger charge is 2.23. The molecule has 3 rings (SSSR count). The maximum atomic E-state index is 4.57. The van der Waals surface area contributed by atoms with E-state index in [2.05, 4.69) is 170 Å². The number of nitrogens with one attached hydrogen (secondary N) is 1. The quantitative estimate of drug-likeness (QED) is 0.310. The first-order valence-corrected chi connectivity index (χ1v) is 14.3. The van der Waals surface area contributed by atoms with Gasteiger partial charge < -0.3 is 0 Å². The molecule has 0 aliphatic rings. The molecule has 6 nitrogen and oxygen atoms in total. The van der Waals surface area contributed by atoms with E-state index in [1.807, 2.05) is 15.6 Å². The third-order valence-electron chi connectivity index (χ3n) is 6.34. The van der Waals surface area contributed by atoms with Crippen LogP contribution in [0, 0.1) is 0 Å². The van der Waals surface area contributed by atoms with E-state index >= 15 is 0 Å². The number of rotatable bonds is 0. The lowest BCUT2D eigenvalue weighted by Crippen LogP contribution is -2.23. The van der Waals surface area contributed by atoms with Gasteiger partial charge in [0, 0.05) is 34.3 Å². The van der Waals surface area contributed by atoms with Crippen molar-refractivity contribution in [2.45, 2.75) is 157 Å².